The molecule has 2 aromatic rings. The van der Waals surface area contributed by atoms with E-state index in [0.29, 0.717) is 17.1 Å². The molecule has 2 amide bonds. The summed E-state index contributed by atoms with van der Waals surface area (Å²) in [5, 5.41) is 5.53. The number of amides is 2. The number of fused-ring (bicyclic) bond motifs is 1. The summed E-state index contributed by atoms with van der Waals surface area (Å²) < 4.78 is 0. The van der Waals surface area contributed by atoms with Gasteiger partial charge in [0, 0.05) is 29.6 Å². The van der Waals surface area contributed by atoms with Crippen LogP contribution in [-0.2, 0) is 17.6 Å². The number of carbonyl (C=O) groups is 2. The molecule has 118 valence electrons. The highest BCUT2D eigenvalue weighted by Gasteiger charge is 2.20. The third-order valence-electron chi connectivity index (χ3n) is 3.78. The molecule has 6 nitrogen and oxygen atoms in total. The number of carbonyl (C=O) groups excluding carboxylic acids is 2. The first kappa shape index (κ1) is 15.1. The van der Waals surface area contributed by atoms with Gasteiger partial charge in [-0.1, -0.05) is 6.07 Å². The van der Waals surface area contributed by atoms with Gasteiger partial charge in [-0.2, -0.15) is 0 Å². The molecule has 6 heteroatoms. The predicted octanol–water partition coefficient (Wildman–Crippen LogP) is 2.57. The monoisotopic (exact) mass is 310 g/mol. The van der Waals surface area contributed by atoms with E-state index in [4.69, 9.17) is 0 Å². The van der Waals surface area contributed by atoms with Crippen LogP contribution in [-0.4, -0.2) is 21.8 Å². The lowest BCUT2D eigenvalue weighted by Crippen LogP contribution is -2.20. The van der Waals surface area contributed by atoms with Gasteiger partial charge in [-0.25, -0.2) is 9.97 Å². The van der Waals surface area contributed by atoms with Crippen LogP contribution in [0.2, 0.25) is 0 Å². The van der Waals surface area contributed by atoms with Crippen molar-refractivity contribution in [1.82, 2.24) is 9.97 Å². The second-order valence-corrected chi connectivity index (χ2v) is 5.57. The zero-order valence-corrected chi connectivity index (χ0v) is 12.9. The number of aryl methyl sites for hydroxylation is 1. The lowest BCUT2D eigenvalue weighted by Gasteiger charge is -2.17. The van der Waals surface area contributed by atoms with Crippen LogP contribution >= 0.6 is 0 Å². The largest absolute Gasteiger partial charge is 0.326 e. The molecule has 0 radical (unpaired) electrons. The molecule has 1 aromatic heterocycles. The maximum Gasteiger partial charge on any atom is 0.274 e. The first-order valence-electron chi connectivity index (χ1n) is 7.65. The molecule has 1 aliphatic carbocycles. The van der Waals surface area contributed by atoms with Gasteiger partial charge in [-0.3, -0.25) is 9.59 Å². The molecule has 0 unspecified atom stereocenters. The van der Waals surface area contributed by atoms with E-state index >= 15 is 0 Å². The number of rotatable bonds is 3. The van der Waals surface area contributed by atoms with Gasteiger partial charge in [0.15, 0.2) is 0 Å². The van der Waals surface area contributed by atoms with Crippen LogP contribution in [0.3, 0.4) is 0 Å². The predicted molar refractivity (Wildman–Crippen MR) is 87.4 cm³/mol. The van der Waals surface area contributed by atoms with Gasteiger partial charge in [0.1, 0.15) is 12.0 Å². The van der Waals surface area contributed by atoms with Crippen molar-refractivity contribution in [2.24, 2.45) is 0 Å². The molecule has 0 fully saturated rings. The molecular formula is C17H18N4O2. The van der Waals surface area contributed by atoms with Crippen molar-refractivity contribution >= 4 is 23.2 Å². The summed E-state index contributed by atoms with van der Waals surface area (Å²) in [6, 6.07) is 7.03. The second kappa shape index (κ2) is 6.56. The maximum atomic E-state index is 12.5. The molecule has 3 rings (SSSR count). The summed E-state index contributed by atoms with van der Waals surface area (Å²) in [4.78, 5) is 32.1. The van der Waals surface area contributed by atoms with E-state index in [2.05, 4.69) is 20.6 Å². The Kier molecular flexibility index (Phi) is 4.32. The smallest absolute Gasteiger partial charge is 0.274 e. The van der Waals surface area contributed by atoms with E-state index in [1.54, 1.807) is 24.3 Å². The van der Waals surface area contributed by atoms with Gasteiger partial charge in [0.05, 0.1) is 0 Å². The quantitative estimate of drug-likeness (QED) is 0.912. The first-order valence-corrected chi connectivity index (χ1v) is 7.65. The fourth-order valence-corrected chi connectivity index (χ4v) is 2.79. The molecule has 23 heavy (non-hydrogen) atoms. The molecule has 1 aromatic carbocycles. The maximum absolute atomic E-state index is 12.5. The van der Waals surface area contributed by atoms with Gasteiger partial charge in [0.2, 0.25) is 5.91 Å². The van der Waals surface area contributed by atoms with Crippen LogP contribution in [0, 0.1) is 0 Å². The zero-order chi connectivity index (χ0) is 16.2. The van der Waals surface area contributed by atoms with Gasteiger partial charge in [-0.15, -0.1) is 0 Å². The molecule has 0 aliphatic heterocycles. The molecule has 2 N–H and O–H groups in total. The Bertz CT molecular complexity index is 758. The van der Waals surface area contributed by atoms with Crippen molar-refractivity contribution in [2.75, 3.05) is 10.6 Å². The van der Waals surface area contributed by atoms with E-state index in [0.717, 1.165) is 36.9 Å². The highest BCUT2D eigenvalue weighted by Crippen LogP contribution is 2.22. The third kappa shape index (κ3) is 3.53. The summed E-state index contributed by atoms with van der Waals surface area (Å²) >= 11 is 0. The third-order valence-corrected chi connectivity index (χ3v) is 3.78. The molecule has 0 saturated carbocycles. The number of nitrogens with zero attached hydrogens (tertiary/aromatic N) is 2. The fraction of sp³-hybridized carbons (Fsp3) is 0.294. The molecule has 0 atom stereocenters. The van der Waals surface area contributed by atoms with Crippen LogP contribution in [0.4, 0.5) is 11.4 Å². The SMILES string of the molecule is CC(=O)Nc1cccc(NC(=O)c2ncnc3c2CCCC3)c1. The Labute approximate surface area is 134 Å². The standard InChI is InChI=1S/C17H18N4O2/c1-11(22)20-12-5-4-6-13(9-12)21-17(23)16-14-7-2-3-8-15(14)18-10-19-16/h4-6,9-10H,2-3,7-8H2,1H3,(H,20,22)(H,21,23). The van der Waals surface area contributed by atoms with Crippen LogP contribution < -0.4 is 10.6 Å². The summed E-state index contributed by atoms with van der Waals surface area (Å²) in [7, 11) is 0. The Morgan fingerprint density at radius 2 is 1.78 bits per heavy atom. The van der Waals surface area contributed by atoms with Crippen LogP contribution in [0.15, 0.2) is 30.6 Å². The number of aromatic nitrogens is 2. The molecule has 1 heterocycles. The summed E-state index contributed by atoms with van der Waals surface area (Å²) in [6.45, 7) is 1.44. The minimum absolute atomic E-state index is 0.154. The topological polar surface area (TPSA) is 84.0 Å². The highest BCUT2D eigenvalue weighted by molar-refractivity contribution is 6.04. The molecule has 1 aliphatic rings. The Hall–Kier alpha value is -2.76. The molecular weight excluding hydrogens is 292 g/mol. The molecule has 0 spiro atoms. The van der Waals surface area contributed by atoms with E-state index in [1.165, 1.54) is 13.3 Å². The normalized spacial score (nSPS) is 13.1. The molecule has 0 saturated heterocycles. The summed E-state index contributed by atoms with van der Waals surface area (Å²) in [5.41, 5.74) is 3.63. The van der Waals surface area contributed by atoms with Crippen LogP contribution in [0.1, 0.15) is 41.5 Å². The number of hydrogen-bond donors (Lipinski definition) is 2. The van der Waals surface area contributed by atoms with Crippen molar-refractivity contribution in [1.29, 1.82) is 0 Å². The summed E-state index contributed by atoms with van der Waals surface area (Å²) in [5.74, 6) is -0.399. The Morgan fingerprint density at radius 1 is 1.04 bits per heavy atom. The lowest BCUT2D eigenvalue weighted by atomic mass is 9.94. The van der Waals surface area contributed by atoms with Gasteiger partial charge >= 0.3 is 0 Å². The van der Waals surface area contributed by atoms with Gasteiger partial charge in [-0.05, 0) is 43.9 Å². The average molecular weight is 310 g/mol. The van der Waals surface area contributed by atoms with Crippen molar-refractivity contribution in [3.8, 4) is 0 Å². The average Bonchev–Trinajstić information content (AvgIpc) is 2.54. The van der Waals surface area contributed by atoms with Crippen molar-refractivity contribution < 1.29 is 9.59 Å². The minimum Gasteiger partial charge on any atom is -0.326 e. The van der Waals surface area contributed by atoms with Crippen LogP contribution in [0.25, 0.3) is 0 Å². The zero-order valence-electron chi connectivity index (χ0n) is 12.9. The van der Waals surface area contributed by atoms with Crippen molar-refractivity contribution in [2.45, 2.75) is 32.6 Å². The van der Waals surface area contributed by atoms with Gasteiger partial charge < -0.3 is 10.6 Å². The lowest BCUT2D eigenvalue weighted by molar-refractivity contribution is -0.114. The highest BCUT2D eigenvalue weighted by atomic mass is 16.2. The Morgan fingerprint density at radius 3 is 2.57 bits per heavy atom. The number of benzene rings is 1. The van der Waals surface area contributed by atoms with E-state index in [9.17, 15) is 9.59 Å². The van der Waals surface area contributed by atoms with Crippen molar-refractivity contribution in [3.05, 3.63) is 47.5 Å². The Balaban J connectivity index is 1.81. The fourth-order valence-electron chi connectivity index (χ4n) is 2.79. The number of nitrogens with one attached hydrogen (secondary N) is 2. The van der Waals surface area contributed by atoms with E-state index in [1.807, 2.05) is 0 Å². The number of hydrogen-bond acceptors (Lipinski definition) is 4. The molecule has 0 bridgehead atoms. The van der Waals surface area contributed by atoms with E-state index in [-0.39, 0.29) is 11.8 Å². The second-order valence-electron chi connectivity index (χ2n) is 5.57. The van der Waals surface area contributed by atoms with Crippen LogP contribution in [0.5, 0.6) is 0 Å². The minimum atomic E-state index is -0.245. The first-order chi connectivity index (χ1) is 11.1. The number of anilines is 2. The van der Waals surface area contributed by atoms with Gasteiger partial charge in [0.25, 0.3) is 5.91 Å². The summed E-state index contributed by atoms with van der Waals surface area (Å²) in [6.07, 6.45) is 5.34. The van der Waals surface area contributed by atoms with E-state index < -0.39 is 0 Å². The van der Waals surface area contributed by atoms with Crippen molar-refractivity contribution in [3.63, 3.8) is 0 Å².